The van der Waals surface area contributed by atoms with Gasteiger partial charge in [0, 0.05) is 17.4 Å². The maximum Gasteiger partial charge on any atom is 0.297 e. The number of aromatic nitrogens is 2. The Labute approximate surface area is 164 Å². The van der Waals surface area contributed by atoms with Gasteiger partial charge in [-0.3, -0.25) is 14.5 Å². The molecule has 5 rings (SSSR count). The Morgan fingerprint density at radius 2 is 1.64 bits per heavy atom. The fraction of sp³-hybridized carbons (Fsp3) is 0.0476. The summed E-state index contributed by atoms with van der Waals surface area (Å²) in [6, 6.07) is 14.8. The van der Waals surface area contributed by atoms with Gasteiger partial charge in [0.25, 0.3) is 5.91 Å². The maximum atomic E-state index is 13.3. The van der Waals surface area contributed by atoms with Crippen LogP contribution in [0.5, 0.6) is 0 Å². The quantitative estimate of drug-likeness (QED) is 0.518. The van der Waals surface area contributed by atoms with Gasteiger partial charge >= 0.3 is 0 Å². The van der Waals surface area contributed by atoms with Gasteiger partial charge in [-0.2, -0.15) is 0 Å². The van der Waals surface area contributed by atoms with E-state index in [0.717, 1.165) is 0 Å². The number of para-hydroxylation sites is 1. The Balaban J connectivity index is 1.83. The van der Waals surface area contributed by atoms with E-state index in [2.05, 4.69) is 9.97 Å². The van der Waals surface area contributed by atoms with E-state index >= 15 is 0 Å². The predicted molar refractivity (Wildman–Crippen MR) is 105 cm³/mol. The molecule has 2 aromatic carbocycles. The van der Waals surface area contributed by atoms with Gasteiger partial charge in [-0.05, 0) is 35.9 Å². The minimum Gasteiger partial charge on any atom is -0.450 e. The normalized spacial score (nSPS) is 15.8. The molecule has 1 aliphatic rings. The van der Waals surface area contributed by atoms with Crippen LogP contribution in [0.4, 0.5) is 5.95 Å². The molecule has 6 nitrogen and oxygen atoms in total. The number of rotatable bonds is 2. The first kappa shape index (κ1) is 16.6. The van der Waals surface area contributed by atoms with E-state index in [1.54, 1.807) is 67.0 Å². The third-order valence-corrected chi connectivity index (χ3v) is 4.98. The van der Waals surface area contributed by atoms with Gasteiger partial charge in [0.15, 0.2) is 5.43 Å². The number of anilines is 1. The molecule has 1 atom stereocenters. The van der Waals surface area contributed by atoms with Crippen molar-refractivity contribution in [1.29, 1.82) is 0 Å². The Hall–Kier alpha value is -3.51. The summed E-state index contributed by atoms with van der Waals surface area (Å²) in [5.41, 5.74) is 1.11. The van der Waals surface area contributed by atoms with E-state index in [0.29, 0.717) is 21.6 Å². The van der Waals surface area contributed by atoms with Crippen molar-refractivity contribution in [2.45, 2.75) is 6.04 Å². The molecule has 1 amide bonds. The van der Waals surface area contributed by atoms with Crippen LogP contribution in [0.3, 0.4) is 0 Å². The van der Waals surface area contributed by atoms with E-state index < -0.39 is 11.9 Å². The summed E-state index contributed by atoms with van der Waals surface area (Å²) in [5.74, 6) is -0.248. The molecule has 0 saturated carbocycles. The molecule has 0 fully saturated rings. The fourth-order valence-electron chi connectivity index (χ4n) is 3.50. The van der Waals surface area contributed by atoms with Crippen LogP contribution < -0.4 is 10.3 Å². The first-order valence-corrected chi connectivity index (χ1v) is 8.95. The average molecular weight is 390 g/mol. The number of carbonyl (C=O) groups is 1. The zero-order valence-electron chi connectivity index (χ0n) is 14.4. The van der Waals surface area contributed by atoms with Crippen LogP contribution in [0.25, 0.3) is 11.0 Å². The number of nitrogens with zero attached hydrogens (tertiary/aromatic N) is 3. The summed E-state index contributed by atoms with van der Waals surface area (Å²) in [7, 11) is 0. The van der Waals surface area contributed by atoms with Crippen molar-refractivity contribution in [2.75, 3.05) is 4.90 Å². The van der Waals surface area contributed by atoms with Crippen LogP contribution in [0.2, 0.25) is 5.02 Å². The highest BCUT2D eigenvalue weighted by Gasteiger charge is 2.44. The summed E-state index contributed by atoms with van der Waals surface area (Å²) in [5, 5.41) is 0.977. The molecule has 0 bridgehead atoms. The Kier molecular flexibility index (Phi) is 3.74. The lowest BCUT2D eigenvalue weighted by molar-refractivity contribution is 0.0969. The molecule has 28 heavy (non-hydrogen) atoms. The van der Waals surface area contributed by atoms with Crippen LogP contribution in [-0.2, 0) is 0 Å². The number of hydrogen-bond donors (Lipinski definition) is 0. The predicted octanol–water partition coefficient (Wildman–Crippen LogP) is 3.99. The first-order valence-electron chi connectivity index (χ1n) is 8.57. The molecule has 0 aliphatic carbocycles. The smallest absolute Gasteiger partial charge is 0.297 e. The first-order chi connectivity index (χ1) is 13.6. The summed E-state index contributed by atoms with van der Waals surface area (Å²) in [6.45, 7) is 0. The average Bonchev–Trinajstić information content (AvgIpc) is 3.02. The number of carbonyl (C=O) groups excluding carboxylic acids is 1. The standard InChI is InChI=1S/C21H12ClN3O3/c22-13-8-6-12(7-9-13)17-16-18(26)14-4-1-2-5-15(14)28-19(16)20(27)25(17)21-23-10-3-11-24-21/h1-11,17H/t17-/m0/s1. The lowest BCUT2D eigenvalue weighted by Crippen LogP contribution is -2.31. The third kappa shape index (κ3) is 2.42. The molecule has 0 spiro atoms. The molecule has 0 saturated heterocycles. The van der Waals surface area contributed by atoms with Gasteiger partial charge in [-0.1, -0.05) is 35.9 Å². The number of amides is 1. The van der Waals surface area contributed by atoms with Crippen LogP contribution in [-0.4, -0.2) is 15.9 Å². The summed E-state index contributed by atoms with van der Waals surface area (Å²) in [6.07, 6.45) is 3.09. The SMILES string of the molecule is O=C1c2oc3ccccc3c(=O)c2[C@H](c2ccc(Cl)cc2)N1c1ncccn1. The maximum absolute atomic E-state index is 13.3. The lowest BCUT2D eigenvalue weighted by Gasteiger charge is -2.22. The molecule has 4 aromatic rings. The number of fused-ring (bicyclic) bond motifs is 2. The van der Waals surface area contributed by atoms with E-state index in [1.165, 1.54) is 4.90 Å². The van der Waals surface area contributed by atoms with E-state index in [9.17, 15) is 9.59 Å². The minimum absolute atomic E-state index is 0.0103. The van der Waals surface area contributed by atoms with E-state index in [4.69, 9.17) is 16.0 Å². The second-order valence-electron chi connectivity index (χ2n) is 6.35. The van der Waals surface area contributed by atoms with E-state index in [-0.39, 0.29) is 22.7 Å². The summed E-state index contributed by atoms with van der Waals surface area (Å²) >= 11 is 6.02. The highest BCUT2D eigenvalue weighted by atomic mass is 35.5. The molecule has 7 heteroatoms. The van der Waals surface area contributed by atoms with Crippen molar-refractivity contribution in [3.63, 3.8) is 0 Å². The van der Waals surface area contributed by atoms with Gasteiger partial charge in [0.1, 0.15) is 5.58 Å². The highest BCUT2D eigenvalue weighted by Crippen LogP contribution is 2.40. The molecule has 0 N–H and O–H groups in total. The molecule has 0 radical (unpaired) electrons. The molecule has 136 valence electrons. The van der Waals surface area contributed by atoms with Crippen molar-refractivity contribution in [2.24, 2.45) is 0 Å². The minimum atomic E-state index is -0.706. The van der Waals surface area contributed by atoms with Gasteiger partial charge in [0.05, 0.1) is 17.0 Å². The highest BCUT2D eigenvalue weighted by molar-refractivity contribution is 6.30. The monoisotopic (exact) mass is 389 g/mol. The van der Waals surface area contributed by atoms with Crippen molar-refractivity contribution < 1.29 is 9.21 Å². The molecular weight excluding hydrogens is 378 g/mol. The van der Waals surface area contributed by atoms with Crippen LogP contribution in [0, 0.1) is 0 Å². The Morgan fingerprint density at radius 1 is 0.929 bits per heavy atom. The fourth-order valence-corrected chi connectivity index (χ4v) is 3.63. The van der Waals surface area contributed by atoms with E-state index in [1.807, 2.05) is 0 Å². The molecule has 0 unspecified atom stereocenters. The molecule has 2 aromatic heterocycles. The van der Waals surface area contributed by atoms with Crippen molar-refractivity contribution in [3.05, 3.63) is 99.1 Å². The zero-order valence-corrected chi connectivity index (χ0v) is 15.1. The van der Waals surface area contributed by atoms with Crippen LogP contribution in [0.15, 0.2) is 76.2 Å². The van der Waals surface area contributed by atoms with Gasteiger partial charge < -0.3 is 4.42 Å². The number of hydrogen-bond acceptors (Lipinski definition) is 5. The van der Waals surface area contributed by atoms with Crippen LogP contribution >= 0.6 is 11.6 Å². The lowest BCUT2D eigenvalue weighted by atomic mass is 9.99. The largest absolute Gasteiger partial charge is 0.450 e. The number of halogens is 1. The number of benzene rings is 2. The summed E-state index contributed by atoms with van der Waals surface area (Å²) < 4.78 is 5.85. The van der Waals surface area contributed by atoms with Crippen molar-refractivity contribution in [3.8, 4) is 0 Å². The summed E-state index contributed by atoms with van der Waals surface area (Å²) in [4.78, 5) is 36.3. The van der Waals surface area contributed by atoms with Gasteiger partial charge in [0.2, 0.25) is 11.7 Å². The Bertz CT molecular complexity index is 1270. The second kappa shape index (κ2) is 6.28. The third-order valence-electron chi connectivity index (χ3n) is 4.73. The molecular formula is C21H12ClN3O3. The molecule has 3 heterocycles. The Morgan fingerprint density at radius 3 is 2.39 bits per heavy atom. The van der Waals surface area contributed by atoms with Crippen molar-refractivity contribution >= 4 is 34.4 Å². The zero-order chi connectivity index (χ0) is 19.3. The second-order valence-corrected chi connectivity index (χ2v) is 6.78. The van der Waals surface area contributed by atoms with Gasteiger partial charge in [-0.15, -0.1) is 0 Å². The molecule has 1 aliphatic heterocycles. The van der Waals surface area contributed by atoms with Crippen LogP contribution in [0.1, 0.15) is 27.7 Å². The van der Waals surface area contributed by atoms with Crippen molar-refractivity contribution in [1.82, 2.24) is 9.97 Å². The topological polar surface area (TPSA) is 76.3 Å². The van der Waals surface area contributed by atoms with Gasteiger partial charge in [-0.25, -0.2) is 9.97 Å².